The van der Waals surface area contributed by atoms with Gasteiger partial charge in [0.15, 0.2) is 0 Å². The first-order valence-electron chi connectivity index (χ1n) is 4.35. The van der Waals surface area contributed by atoms with Crippen LogP contribution < -0.4 is 0 Å². The number of para-hydroxylation sites is 1. The third kappa shape index (κ3) is 1.71. The van der Waals surface area contributed by atoms with Gasteiger partial charge in [0.25, 0.3) is 0 Å². The zero-order valence-corrected chi connectivity index (χ0v) is 8.12. The lowest BCUT2D eigenvalue weighted by atomic mass is 10.2. The minimum Gasteiger partial charge on any atom is -0.465 e. The van der Waals surface area contributed by atoms with Crippen molar-refractivity contribution in [2.75, 3.05) is 7.11 Å². The van der Waals surface area contributed by atoms with E-state index in [0.717, 1.165) is 0 Å². The van der Waals surface area contributed by atoms with E-state index in [-0.39, 0.29) is 5.97 Å². The lowest BCUT2D eigenvalue weighted by molar-refractivity contribution is 0.0601. The maximum Gasteiger partial charge on any atom is 0.339 e. The molecule has 2 rings (SSSR count). The van der Waals surface area contributed by atoms with E-state index in [2.05, 4.69) is 14.9 Å². The van der Waals surface area contributed by atoms with Crippen LogP contribution in [0.3, 0.4) is 0 Å². The predicted octanol–water partition coefficient (Wildman–Crippen LogP) is 1.05. The van der Waals surface area contributed by atoms with Crippen molar-refractivity contribution >= 4 is 5.97 Å². The van der Waals surface area contributed by atoms with Crippen molar-refractivity contribution in [2.45, 2.75) is 0 Å². The summed E-state index contributed by atoms with van der Waals surface area (Å²) in [6.07, 6.45) is 3.06. The number of rotatable bonds is 2. The van der Waals surface area contributed by atoms with Crippen LogP contribution in [0.15, 0.2) is 36.9 Å². The molecule has 0 fully saturated rings. The zero-order chi connectivity index (χ0) is 10.7. The molecule has 0 aliphatic rings. The van der Waals surface area contributed by atoms with E-state index in [1.165, 1.54) is 19.8 Å². The third-order valence-corrected chi connectivity index (χ3v) is 2.01. The van der Waals surface area contributed by atoms with Crippen molar-refractivity contribution in [1.29, 1.82) is 0 Å². The van der Waals surface area contributed by atoms with E-state index in [1.54, 1.807) is 22.8 Å². The van der Waals surface area contributed by atoms with Crippen LogP contribution in [0.25, 0.3) is 5.69 Å². The van der Waals surface area contributed by atoms with E-state index < -0.39 is 0 Å². The van der Waals surface area contributed by atoms with Gasteiger partial charge in [-0.2, -0.15) is 0 Å². The van der Waals surface area contributed by atoms with Gasteiger partial charge in [0.05, 0.1) is 18.4 Å². The van der Waals surface area contributed by atoms with Gasteiger partial charge in [-0.05, 0) is 12.1 Å². The second-order valence-electron chi connectivity index (χ2n) is 2.88. The van der Waals surface area contributed by atoms with Crippen molar-refractivity contribution in [3.63, 3.8) is 0 Å². The van der Waals surface area contributed by atoms with Crippen LogP contribution in [-0.2, 0) is 4.74 Å². The highest BCUT2D eigenvalue weighted by atomic mass is 16.5. The molecule has 0 radical (unpaired) electrons. The first kappa shape index (κ1) is 9.39. The zero-order valence-electron chi connectivity index (χ0n) is 8.12. The fourth-order valence-electron chi connectivity index (χ4n) is 1.31. The smallest absolute Gasteiger partial charge is 0.339 e. The van der Waals surface area contributed by atoms with Crippen LogP contribution in [0.1, 0.15) is 10.4 Å². The summed E-state index contributed by atoms with van der Waals surface area (Å²) in [6.45, 7) is 0. The molecule has 0 saturated heterocycles. The summed E-state index contributed by atoms with van der Waals surface area (Å²) in [5.41, 5.74) is 1.19. The Balaban J connectivity index is 2.52. The minimum atomic E-state index is -0.376. The third-order valence-electron chi connectivity index (χ3n) is 2.01. The van der Waals surface area contributed by atoms with Crippen molar-refractivity contribution < 1.29 is 9.53 Å². The topological polar surface area (TPSA) is 57.0 Å². The number of nitrogens with zero attached hydrogens (tertiary/aromatic N) is 3. The molecule has 0 saturated carbocycles. The molecule has 1 aromatic heterocycles. The molecule has 0 unspecified atom stereocenters. The summed E-state index contributed by atoms with van der Waals surface area (Å²) >= 11 is 0. The molecule has 5 nitrogen and oxygen atoms in total. The Morgan fingerprint density at radius 1 is 1.27 bits per heavy atom. The number of benzene rings is 1. The standard InChI is InChI=1S/C10H9N3O2/c1-15-10(14)8-4-2-3-5-9(8)13-6-11-12-7-13/h2-7H,1H3. The number of carbonyl (C=O) groups excluding carboxylic acids is 1. The van der Waals surface area contributed by atoms with Gasteiger partial charge in [-0.1, -0.05) is 12.1 Å². The number of carbonyl (C=O) groups is 1. The molecule has 1 aromatic carbocycles. The van der Waals surface area contributed by atoms with Crippen molar-refractivity contribution in [3.8, 4) is 5.69 Å². The summed E-state index contributed by atoms with van der Waals surface area (Å²) in [7, 11) is 1.35. The normalized spacial score (nSPS) is 9.93. The molecular formula is C10H9N3O2. The van der Waals surface area contributed by atoms with E-state index in [9.17, 15) is 4.79 Å². The molecule has 1 heterocycles. The van der Waals surface area contributed by atoms with Crippen LogP contribution >= 0.6 is 0 Å². The van der Waals surface area contributed by atoms with Crippen LogP contribution in [0.4, 0.5) is 0 Å². The quantitative estimate of drug-likeness (QED) is 0.684. The molecule has 0 aliphatic carbocycles. The lowest BCUT2D eigenvalue weighted by Gasteiger charge is -2.06. The highest BCUT2D eigenvalue weighted by Gasteiger charge is 2.11. The molecule has 0 spiro atoms. The average Bonchev–Trinajstić information content (AvgIpc) is 2.81. The highest BCUT2D eigenvalue weighted by Crippen LogP contribution is 2.14. The monoisotopic (exact) mass is 203 g/mol. The molecule has 2 aromatic rings. The number of ether oxygens (including phenoxy) is 1. The van der Waals surface area contributed by atoms with Gasteiger partial charge in [0, 0.05) is 0 Å². The maximum absolute atomic E-state index is 11.5. The highest BCUT2D eigenvalue weighted by molar-refractivity contribution is 5.93. The molecule has 0 atom stereocenters. The Morgan fingerprint density at radius 3 is 2.60 bits per heavy atom. The Hall–Kier alpha value is -2.17. The van der Waals surface area contributed by atoms with Gasteiger partial charge in [-0.25, -0.2) is 4.79 Å². The minimum absolute atomic E-state index is 0.376. The Kier molecular flexibility index (Phi) is 2.45. The SMILES string of the molecule is COC(=O)c1ccccc1-n1cnnc1. The van der Waals surface area contributed by atoms with Crippen LogP contribution in [0, 0.1) is 0 Å². The molecular weight excluding hydrogens is 194 g/mol. The van der Waals surface area contributed by atoms with Gasteiger partial charge in [-0.3, -0.25) is 4.57 Å². The molecule has 0 aliphatic heterocycles. The molecule has 0 bridgehead atoms. The number of aromatic nitrogens is 3. The Morgan fingerprint density at radius 2 is 1.93 bits per heavy atom. The van der Waals surface area contributed by atoms with Crippen LogP contribution in [0.2, 0.25) is 0 Å². The van der Waals surface area contributed by atoms with Crippen molar-refractivity contribution in [1.82, 2.24) is 14.8 Å². The van der Waals surface area contributed by atoms with E-state index in [0.29, 0.717) is 11.3 Å². The summed E-state index contributed by atoms with van der Waals surface area (Å²) in [6, 6.07) is 7.11. The summed E-state index contributed by atoms with van der Waals surface area (Å²) < 4.78 is 6.34. The van der Waals surface area contributed by atoms with E-state index >= 15 is 0 Å². The molecule has 15 heavy (non-hydrogen) atoms. The van der Waals surface area contributed by atoms with Gasteiger partial charge in [0.1, 0.15) is 12.7 Å². The molecule has 76 valence electrons. The number of esters is 1. The number of hydrogen-bond acceptors (Lipinski definition) is 4. The first-order valence-corrected chi connectivity index (χ1v) is 4.35. The first-order chi connectivity index (χ1) is 7.33. The number of methoxy groups -OCH3 is 1. The summed E-state index contributed by atoms with van der Waals surface area (Å²) in [4.78, 5) is 11.5. The van der Waals surface area contributed by atoms with E-state index in [4.69, 9.17) is 0 Å². The van der Waals surface area contributed by atoms with Gasteiger partial charge in [-0.15, -0.1) is 10.2 Å². The summed E-state index contributed by atoms with van der Waals surface area (Å²) in [5, 5.41) is 7.37. The fraction of sp³-hybridized carbons (Fsp3) is 0.100. The molecule has 0 amide bonds. The van der Waals surface area contributed by atoms with Gasteiger partial charge < -0.3 is 4.74 Å². The van der Waals surface area contributed by atoms with E-state index in [1.807, 2.05) is 6.07 Å². The largest absolute Gasteiger partial charge is 0.465 e. The maximum atomic E-state index is 11.5. The van der Waals surface area contributed by atoms with Gasteiger partial charge in [0.2, 0.25) is 0 Å². The predicted molar refractivity (Wildman–Crippen MR) is 52.7 cm³/mol. The number of hydrogen-bond donors (Lipinski definition) is 0. The molecule has 5 heteroatoms. The van der Waals surface area contributed by atoms with Crippen LogP contribution in [-0.4, -0.2) is 27.8 Å². The van der Waals surface area contributed by atoms with Crippen molar-refractivity contribution in [2.24, 2.45) is 0 Å². The van der Waals surface area contributed by atoms with Crippen molar-refractivity contribution in [3.05, 3.63) is 42.5 Å². The van der Waals surface area contributed by atoms with Crippen LogP contribution in [0.5, 0.6) is 0 Å². The Labute approximate surface area is 86.3 Å². The second-order valence-corrected chi connectivity index (χ2v) is 2.88. The second kappa shape index (κ2) is 3.91. The summed E-state index contributed by atoms with van der Waals surface area (Å²) in [5.74, 6) is -0.376. The van der Waals surface area contributed by atoms with Gasteiger partial charge >= 0.3 is 5.97 Å². The Bertz CT molecular complexity index is 465. The molecule has 0 N–H and O–H groups in total. The fourth-order valence-corrected chi connectivity index (χ4v) is 1.31. The lowest BCUT2D eigenvalue weighted by Crippen LogP contribution is -2.06. The average molecular weight is 203 g/mol.